The number of halogens is 3. The van der Waals surface area contributed by atoms with Crippen LogP contribution in [0.3, 0.4) is 0 Å². The van der Waals surface area contributed by atoms with Crippen molar-refractivity contribution in [3.8, 4) is 0 Å². The predicted molar refractivity (Wildman–Crippen MR) is 111 cm³/mol. The Kier molecular flexibility index (Phi) is 12.9. The lowest BCUT2D eigenvalue weighted by Gasteiger charge is -2.17. The van der Waals surface area contributed by atoms with Crippen LogP contribution in [0.1, 0.15) is 39.2 Å². The van der Waals surface area contributed by atoms with Gasteiger partial charge < -0.3 is 21.5 Å². The summed E-state index contributed by atoms with van der Waals surface area (Å²) >= 11 is 0. The molecule has 0 spiro atoms. The molecule has 0 aromatic heterocycles. The molecule has 0 aliphatic rings. The summed E-state index contributed by atoms with van der Waals surface area (Å²) in [7, 11) is 0. The first-order chi connectivity index (χ1) is 14.4. The topological polar surface area (TPSA) is 122 Å². The highest BCUT2D eigenvalue weighted by atomic mass is 19.4. The van der Waals surface area contributed by atoms with E-state index < -0.39 is 18.2 Å². The highest BCUT2D eigenvalue weighted by Gasteiger charge is 2.38. The molecule has 1 aromatic carbocycles. The van der Waals surface area contributed by atoms with Crippen molar-refractivity contribution >= 4 is 17.8 Å². The van der Waals surface area contributed by atoms with Crippen molar-refractivity contribution in [1.29, 1.82) is 0 Å². The van der Waals surface area contributed by atoms with Crippen LogP contribution >= 0.6 is 0 Å². The number of aliphatic carboxylic acids is 1. The van der Waals surface area contributed by atoms with Crippen LogP contribution in [0.2, 0.25) is 0 Å². The zero-order valence-corrected chi connectivity index (χ0v) is 17.8. The SMILES string of the molecule is CCC(C)NC(=O)C=C[C@H](CCc1ccccc1)NC(=O)[C@H](C)N.O=C(O)C(F)(F)F. The molecule has 3 atom stereocenters. The Bertz CT molecular complexity index is 722. The van der Waals surface area contributed by atoms with Gasteiger partial charge in [0.25, 0.3) is 0 Å². The monoisotopic (exact) mass is 445 g/mol. The summed E-state index contributed by atoms with van der Waals surface area (Å²) in [5, 5.41) is 12.9. The first-order valence-corrected chi connectivity index (χ1v) is 9.75. The summed E-state index contributed by atoms with van der Waals surface area (Å²) in [4.78, 5) is 32.6. The maximum atomic E-state index is 11.9. The van der Waals surface area contributed by atoms with E-state index in [4.69, 9.17) is 15.6 Å². The Labute approximate surface area is 179 Å². The second kappa shape index (κ2) is 14.2. The van der Waals surface area contributed by atoms with E-state index in [9.17, 15) is 22.8 Å². The lowest BCUT2D eigenvalue weighted by Crippen LogP contribution is -2.43. The number of amides is 2. The number of nitrogens with one attached hydrogen (secondary N) is 2. The third-order valence-electron chi connectivity index (χ3n) is 4.05. The normalized spacial score (nSPS) is 14.0. The molecule has 2 amide bonds. The molecule has 0 aliphatic carbocycles. The van der Waals surface area contributed by atoms with Gasteiger partial charge in [0, 0.05) is 18.2 Å². The fraction of sp³-hybridized carbons (Fsp3) is 0.476. The Morgan fingerprint density at radius 2 is 1.68 bits per heavy atom. The number of rotatable bonds is 9. The van der Waals surface area contributed by atoms with Gasteiger partial charge in [0.1, 0.15) is 0 Å². The summed E-state index contributed by atoms with van der Waals surface area (Å²) < 4.78 is 31.7. The van der Waals surface area contributed by atoms with Gasteiger partial charge in [-0.2, -0.15) is 13.2 Å². The van der Waals surface area contributed by atoms with Crippen molar-refractivity contribution in [3.05, 3.63) is 48.0 Å². The molecule has 0 fully saturated rings. The first-order valence-electron chi connectivity index (χ1n) is 9.75. The molecular formula is C21H30F3N3O4. The zero-order valence-electron chi connectivity index (χ0n) is 17.8. The second-order valence-corrected chi connectivity index (χ2v) is 6.91. The Balaban J connectivity index is 0.00000110. The highest BCUT2D eigenvalue weighted by Crippen LogP contribution is 2.13. The Hall–Kier alpha value is -2.88. The van der Waals surface area contributed by atoms with Gasteiger partial charge in [-0.25, -0.2) is 4.79 Å². The lowest BCUT2D eigenvalue weighted by atomic mass is 10.0. The molecule has 174 valence electrons. The van der Waals surface area contributed by atoms with Crippen LogP contribution in [0.5, 0.6) is 0 Å². The van der Waals surface area contributed by atoms with Crippen molar-refractivity contribution < 1.29 is 32.7 Å². The van der Waals surface area contributed by atoms with Crippen LogP contribution in [0.4, 0.5) is 13.2 Å². The average Bonchev–Trinajstić information content (AvgIpc) is 2.70. The molecule has 1 aromatic rings. The number of alkyl halides is 3. The van der Waals surface area contributed by atoms with Crippen LogP contribution in [0.25, 0.3) is 0 Å². The van der Waals surface area contributed by atoms with E-state index in [1.54, 1.807) is 13.0 Å². The lowest BCUT2D eigenvalue weighted by molar-refractivity contribution is -0.192. The molecule has 5 N–H and O–H groups in total. The van der Waals surface area contributed by atoms with E-state index in [-0.39, 0.29) is 23.9 Å². The summed E-state index contributed by atoms with van der Waals surface area (Å²) in [5.41, 5.74) is 6.81. The second-order valence-electron chi connectivity index (χ2n) is 6.91. The van der Waals surface area contributed by atoms with Gasteiger partial charge in [-0.3, -0.25) is 9.59 Å². The third-order valence-corrected chi connectivity index (χ3v) is 4.05. The van der Waals surface area contributed by atoms with E-state index in [0.29, 0.717) is 6.42 Å². The standard InChI is InChI=1S/C19H29N3O2.C2HF3O2/c1-4-14(2)21-18(23)13-12-17(22-19(24)15(3)20)11-10-16-8-6-5-7-9-16;3-2(4,5)1(6)7/h5-9,12-15,17H,4,10-11,20H2,1-3H3,(H,21,23)(H,22,24);(H,6,7)/t14?,15-,17-;/m0./s1. The van der Waals surface area contributed by atoms with Gasteiger partial charge in [-0.05, 0) is 38.7 Å². The predicted octanol–water partition coefficient (Wildman–Crippen LogP) is 2.56. The fourth-order valence-electron chi connectivity index (χ4n) is 2.09. The van der Waals surface area contributed by atoms with Crippen molar-refractivity contribution in [2.75, 3.05) is 0 Å². The van der Waals surface area contributed by atoms with Crippen LogP contribution in [0.15, 0.2) is 42.5 Å². The molecule has 0 heterocycles. The Morgan fingerprint density at radius 3 is 2.13 bits per heavy atom. The smallest absolute Gasteiger partial charge is 0.475 e. The van der Waals surface area contributed by atoms with E-state index >= 15 is 0 Å². The van der Waals surface area contributed by atoms with E-state index in [0.717, 1.165) is 12.8 Å². The van der Waals surface area contributed by atoms with Gasteiger partial charge in [0.2, 0.25) is 11.8 Å². The molecule has 31 heavy (non-hydrogen) atoms. The quantitative estimate of drug-likeness (QED) is 0.435. The minimum Gasteiger partial charge on any atom is -0.475 e. The number of hydrogen-bond donors (Lipinski definition) is 4. The number of carboxylic acid groups (broad SMARTS) is 1. The zero-order chi connectivity index (χ0) is 24.0. The maximum Gasteiger partial charge on any atom is 0.490 e. The number of carbonyl (C=O) groups is 3. The molecule has 1 rings (SSSR count). The molecule has 7 nitrogen and oxygen atoms in total. The molecule has 10 heteroatoms. The largest absolute Gasteiger partial charge is 0.490 e. The fourth-order valence-corrected chi connectivity index (χ4v) is 2.09. The number of aryl methyl sites for hydroxylation is 1. The number of benzene rings is 1. The Morgan fingerprint density at radius 1 is 1.13 bits per heavy atom. The van der Waals surface area contributed by atoms with E-state index in [1.807, 2.05) is 44.2 Å². The van der Waals surface area contributed by atoms with Crippen LogP contribution in [0, 0.1) is 0 Å². The minimum absolute atomic E-state index is 0.128. The molecule has 0 radical (unpaired) electrons. The van der Waals surface area contributed by atoms with E-state index in [2.05, 4.69) is 10.6 Å². The average molecular weight is 445 g/mol. The van der Waals surface area contributed by atoms with E-state index in [1.165, 1.54) is 11.6 Å². The molecular weight excluding hydrogens is 415 g/mol. The molecule has 0 saturated carbocycles. The molecule has 0 aliphatic heterocycles. The molecule has 0 bridgehead atoms. The first kappa shape index (κ1) is 28.1. The van der Waals surface area contributed by atoms with Crippen LogP contribution < -0.4 is 16.4 Å². The van der Waals surface area contributed by atoms with Crippen molar-refractivity contribution in [2.45, 2.75) is 64.3 Å². The number of hydrogen-bond acceptors (Lipinski definition) is 4. The maximum absolute atomic E-state index is 11.9. The van der Waals surface area contributed by atoms with Gasteiger partial charge in [-0.15, -0.1) is 0 Å². The molecule has 0 saturated heterocycles. The highest BCUT2D eigenvalue weighted by molar-refractivity contribution is 5.88. The number of carboxylic acids is 1. The van der Waals surface area contributed by atoms with Gasteiger partial charge in [-0.1, -0.05) is 43.3 Å². The van der Waals surface area contributed by atoms with Crippen molar-refractivity contribution in [3.63, 3.8) is 0 Å². The third kappa shape index (κ3) is 13.9. The van der Waals surface area contributed by atoms with Crippen LogP contribution in [-0.2, 0) is 20.8 Å². The van der Waals surface area contributed by atoms with Gasteiger partial charge in [0.05, 0.1) is 6.04 Å². The summed E-state index contributed by atoms with van der Waals surface area (Å²) in [5.74, 6) is -3.13. The summed E-state index contributed by atoms with van der Waals surface area (Å²) in [6.45, 7) is 5.61. The number of nitrogens with two attached hydrogens (primary N) is 1. The van der Waals surface area contributed by atoms with Crippen molar-refractivity contribution in [1.82, 2.24) is 10.6 Å². The summed E-state index contributed by atoms with van der Waals surface area (Å²) in [6.07, 6.45) is 0.528. The van der Waals surface area contributed by atoms with Crippen molar-refractivity contribution in [2.24, 2.45) is 5.73 Å². The van der Waals surface area contributed by atoms with Crippen LogP contribution in [-0.4, -0.2) is 47.2 Å². The summed E-state index contributed by atoms with van der Waals surface area (Å²) in [6, 6.07) is 9.35. The molecule has 1 unspecified atom stereocenters. The van der Waals surface area contributed by atoms with Gasteiger partial charge >= 0.3 is 12.1 Å². The minimum atomic E-state index is -5.08. The number of carbonyl (C=O) groups excluding carboxylic acids is 2. The van der Waals surface area contributed by atoms with Gasteiger partial charge in [0.15, 0.2) is 0 Å².